The van der Waals surface area contributed by atoms with E-state index in [9.17, 15) is 5.11 Å². The largest absolute Gasteiger partial charge is 0.507 e. The molecule has 8 rings (SSSR count). The summed E-state index contributed by atoms with van der Waals surface area (Å²) in [6, 6.07) is 37.2. The van der Waals surface area contributed by atoms with Crippen molar-refractivity contribution in [2.75, 3.05) is 0 Å². The number of fused-ring (bicyclic) bond motifs is 1. The average molecular weight is 987 g/mol. The van der Waals surface area contributed by atoms with Gasteiger partial charge in [0, 0.05) is 38.6 Å². The minimum Gasteiger partial charge on any atom is -0.507 e. The van der Waals surface area contributed by atoms with Crippen LogP contribution in [0, 0.1) is 6.07 Å². The summed E-state index contributed by atoms with van der Waals surface area (Å²) < 4.78 is 44.3. The SMILES string of the molecule is [2H]c1c([2H])c([2H])c(-c2ccnc(-c3[c-]c(-c4cccc5c4nc(-c4cc(C(C)C)cc(C(C)C)c4O)n5-c4cc(-c5ccccc5)cc(C(C)(C)C)c4)cc(C(C)(C)C)c3)c2)c([2H])c1[2H].[Pt]. The zero-order valence-corrected chi connectivity index (χ0v) is 38.9. The maximum absolute atomic E-state index is 12.3. The molecule has 0 unspecified atom stereocenters. The minimum atomic E-state index is -0.435. The molecule has 6 aromatic carbocycles. The molecular formula is C56H56N3OPt-. The molecule has 312 valence electrons. The molecule has 0 spiro atoms. The Bertz CT molecular complexity index is 3120. The summed E-state index contributed by atoms with van der Waals surface area (Å²) in [6.07, 6.45) is 1.61. The molecule has 0 bridgehead atoms. The van der Waals surface area contributed by atoms with Crippen LogP contribution in [0.25, 0.3) is 72.7 Å². The van der Waals surface area contributed by atoms with E-state index in [0.717, 1.165) is 61.2 Å². The summed E-state index contributed by atoms with van der Waals surface area (Å²) in [5.41, 5.74) is 12.5. The first-order valence-corrected chi connectivity index (χ1v) is 20.9. The molecule has 0 amide bonds. The average Bonchev–Trinajstić information content (AvgIpc) is 3.67. The Balaban J connectivity index is 0.00000648. The molecule has 61 heavy (non-hydrogen) atoms. The van der Waals surface area contributed by atoms with Crippen LogP contribution in [0.15, 0.2) is 140 Å². The Morgan fingerprint density at radius 2 is 1.33 bits per heavy atom. The third-order valence-corrected chi connectivity index (χ3v) is 11.4. The summed E-state index contributed by atoms with van der Waals surface area (Å²) >= 11 is 0. The molecule has 4 nitrogen and oxygen atoms in total. The molecule has 0 saturated carbocycles. The van der Waals surface area contributed by atoms with Crippen LogP contribution in [-0.2, 0) is 31.9 Å². The van der Waals surface area contributed by atoms with Gasteiger partial charge in [0.15, 0.2) is 0 Å². The Labute approximate surface area is 384 Å². The van der Waals surface area contributed by atoms with Crippen LogP contribution in [0.1, 0.15) is 110 Å². The van der Waals surface area contributed by atoms with Crippen molar-refractivity contribution < 1.29 is 33.0 Å². The van der Waals surface area contributed by atoms with Gasteiger partial charge in [-0.2, -0.15) is 0 Å². The number of phenolic OH excluding ortho intramolecular Hbond substituents is 1. The minimum absolute atomic E-state index is 0. The van der Waals surface area contributed by atoms with Crippen LogP contribution in [0.4, 0.5) is 0 Å². The van der Waals surface area contributed by atoms with Crippen molar-refractivity contribution in [2.45, 2.75) is 91.9 Å². The molecule has 0 aliphatic carbocycles. The molecule has 5 heteroatoms. The Hall–Kier alpha value is -5.57. The van der Waals surface area contributed by atoms with Gasteiger partial charge < -0.3 is 5.11 Å². The van der Waals surface area contributed by atoms with E-state index in [-0.39, 0.29) is 79.2 Å². The van der Waals surface area contributed by atoms with Crippen molar-refractivity contribution in [1.29, 1.82) is 0 Å². The van der Waals surface area contributed by atoms with Gasteiger partial charge in [0.25, 0.3) is 0 Å². The molecule has 0 saturated heterocycles. The van der Waals surface area contributed by atoms with Gasteiger partial charge in [-0.1, -0.05) is 171 Å². The third kappa shape index (κ3) is 8.79. The number of pyridine rings is 1. The predicted octanol–water partition coefficient (Wildman–Crippen LogP) is 15.1. The molecule has 0 aliphatic rings. The second kappa shape index (κ2) is 17.1. The van der Waals surface area contributed by atoms with E-state index in [2.05, 4.69) is 159 Å². The molecule has 2 heterocycles. The quantitative estimate of drug-likeness (QED) is 0.154. The predicted molar refractivity (Wildman–Crippen MR) is 252 cm³/mol. The maximum Gasteiger partial charge on any atom is 0.148 e. The summed E-state index contributed by atoms with van der Waals surface area (Å²) in [4.78, 5) is 10.3. The second-order valence-electron chi connectivity index (χ2n) is 18.5. The van der Waals surface area contributed by atoms with Crippen LogP contribution >= 0.6 is 0 Å². The number of hydrogen-bond acceptors (Lipinski definition) is 3. The fourth-order valence-electron chi connectivity index (χ4n) is 7.77. The summed E-state index contributed by atoms with van der Waals surface area (Å²) in [6.45, 7) is 21.7. The van der Waals surface area contributed by atoms with Crippen molar-refractivity contribution in [3.63, 3.8) is 0 Å². The van der Waals surface area contributed by atoms with Gasteiger partial charge in [-0.3, -0.25) is 9.55 Å². The Kier molecular flexibility index (Phi) is 10.4. The zero-order chi connectivity index (χ0) is 46.9. The first kappa shape index (κ1) is 37.2. The molecular weight excluding hydrogens is 926 g/mol. The molecule has 8 aromatic rings. The number of benzene rings is 6. The number of aromatic hydroxyl groups is 1. The summed E-state index contributed by atoms with van der Waals surface area (Å²) in [5, 5.41) is 12.3. The van der Waals surface area contributed by atoms with E-state index < -0.39 is 6.04 Å². The number of nitrogens with zero attached hydrogens (tertiary/aromatic N) is 3. The number of hydrogen-bond donors (Lipinski definition) is 1. The smallest absolute Gasteiger partial charge is 0.148 e. The molecule has 1 N–H and O–H groups in total. The number of imidazole rings is 1. The van der Waals surface area contributed by atoms with Crippen LogP contribution in [0.2, 0.25) is 0 Å². The van der Waals surface area contributed by atoms with E-state index in [1.807, 2.05) is 12.1 Å². The Morgan fingerprint density at radius 1 is 0.639 bits per heavy atom. The number of phenols is 1. The van der Waals surface area contributed by atoms with E-state index in [0.29, 0.717) is 28.2 Å². The van der Waals surface area contributed by atoms with Gasteiger partial charge >= 0.3 is 0 Å². The van der Waals surface area contributed by atoms with E-state index in [1.54, 1.807) is 18.3 Å². The number of rotatable bonds is 8. The van der Waals surface area contributed by atoms with Crippen LogP contribution < -0.4 is 0 Å². The monoisotopic (exact) mass is 986 g/mol. The van der Waals surface area contributed by atoms with Crippen molar-refractivity contribution in [3.05, 3.63) is 168 Å². The van der Waals surface area contributed by atoms with Crippen LogP contribution in [0.5, 0.6) is 5.75 Å². The standard InChI is InChI=1S/C56H56N3O.Pt/c1-35(2)40-31-48(36(3)4)53(60)49(32-40)54-58-52-47(22-17-23-51(52)59(54)46-30-41(38-20-15-12-16-21-38)27-45(34-46)56(8,9)10)42-26-43(29-44(28-42)55(5,6)7)50-33-39(24-25-57-50)37-18-13-11-14-19-37;/h11-25,27-36,60H,1-10H3;/q-1;/i11D,13D,14D,18D,19D;. The van der Waals surface area contributed by atoms with Crippen molar-refractivity contribution in [3.8, 4) is 67.5 Å². The molecule has 2 aromatic heterocycles. The fraction of sp³-hybridized carbons (Fsp3) is 0.250. The van der Waals surface area contributed by atoms with E-state index >= 15 is 0 Å². The van der Waals surface area contributed by atoms with E-state index in [1.165, 1.54) is 0 Å². The number of aromatic nitrogens is 3. The van der Waals surface area contributed by atoms with Gasteiger partial charge in [-0.25, -0.2) is 4.98 Å². The maximum atomic E-state index is 12.3. The third-order valence-electron chi connectivity index (χ3n) is 11.4. The topological polar surface area (TPSA) is 50.9 Å². The first-order chi connectivity index (χ1) is 30.6. The van der Waals surface area contributed by atoms with Crippen LogP contribution in [-0.4, -0.2) is 19.6 Å². The summed E-state index contributed by atoms with van der Waals surface area (Å²) in [5.74, 6) is 1.11. The molecule has 0 aliphatic heterocycles. The van der Waals surface area contributed by atoms with Crippen molar-refractivity contribution in [1.82, 2.24) is 14.5 Å². The molecule has 0 atom stereocenters. The zero-order valence-electron chi connectivity index (χ0n) is 41.7. The Morgan fingerprint density at radius 3 is 2.00 bits per heavy atom. The normalized spacial score (nSPS) is 13.1. The van der Waals surface area contributed by atoms with Gasteiger partial charge in [-0.05, 0) is 91.9 Å². The van der Waals surface area contributed by atoms with Gasteiger partial charge in [0.1, 0.15) is 11.6 Å². The van der Waals surface area contributed by atoms with Crippen molar-refractivity contribution >= 4 is 11.0 Å². The van der Waals surface area contributed by atoms with Gasteiger partial charge in [0.2, 0.25) is 0 Å². The second-order valence-corrected chi connectivity index (χ2v) is 18.5. The van der Waals surface area contributed by atoms with Gasteiger partial charge in [0.05, 0.1) is 23.5 Å². The fourth-order valence-corrected chi connectivity index (χ4v) is 7.77. The first-order valence-electron chi connectivity index (χ1n) is 23.4. The van der Waals surface area contributed by atoms with Crippen molar-refractivity contribution in [2.24, 2.45) is 0 Å². The van der Waals surface area contributed by atoms with E-state index in [4.69, 9.17) is 16.8 Å². The molecule has 0 fully saturated rings. The van der Waals surface area contributed by atoms with Gasteiger partial charge in [-0.15, -0.1) is 29.3 Å². The van der Waals surface area contributed by atoms with Crippen LogP contribution in [0.3, 0.4) is 0 Å². The molecule has 0 radical (unpaired) electrons. The number of para-hydroxylation sites is 1. The summed E-state index contributed by atoms with van der Waals surface area (Å²) in [7, 11) is 0.